The number of rotatable bonds is 3. The highest BCUT2D eigenvalue weighted by molar-refractivity contribution is 5.60. The minimum absolute atomic E-state index is 0.0457. The molecule has 0 saturated carbocycles. The van der Waals surface area contributed by atoms with Gasteiger partial charge in [-0.2, -0.15) is 0 Å². The van der Waals surface area contributed by atoms with Gasteiger partial charge < -0.3 is 5.11 Å². The Morgan fingerprint density at radius 2 is 2.14 bits per heavy atom. The van der Waals surface area contributed by atoms with E-state index in [2.05, 4.69) is 0 Å². The molecular formula is C10H11NO3. The normalized spacial score (nSPS) is 13.0. The van der Waals surface area contributed by atoms with E-state index in [-0.39, 0.29) is 5.69 Å². The van der Waals surface area contributed by atoms with E-state index in [0.717, 1.165) is 0 Å². The molecule has 1 unspecified atom stereocenters. The average Bonchev–Trinajstić information content (AvgIpc) is 2.15. The van der Waals surface area contributed by atoms with Crippen LogP contribution in [0.25, 0.3) is 6.08 Å². The zero-order chi connectivity index (χ0) is 10.6. The number of hydrogen-bond acceptors (Lipinski definition) is 3. The first-order chi connectivity index (χ1) is 6.61. The second-order valence-corrected chi connectivity index (χ2v) is 2.92. The Labute approximate surface area is 81.6 Å². The zero-order valence-electron chi connectivity index (χ0n) is 7.75. The molecule has 74 valence electrons. The van der Waals surface area contributed by atoms with E-state index < -0.39 is 11.0 Å². The molecule has 0 saturated heterocycles. The van der Waals surface area contributed by atoms with Gasteiger partial charge in [-0.25, -0.2) is 0 Å². The summed E-state index contributed by atoms with van der Waals surface area (Å²) in [6, 6.07) is 6.39. The summed E-state index contributed by atoms with van der Waals surface area (Å²) < 4.78 is 0. The molecule has 0 aliphatic carbocycles. The molecule has 14 heavy (non-hydrogen) atoms. The van der Waals surface area contributed by atoms with Crippen molar-refractivity contribution in [3.63, 3.8) is 0 Å². The number of hydrogen-bond donors (Lipinski definition) is 1. The van der Waals surface area contributed by atoms with E-state index in [1.807, 2.05) is 0 Å². The van der Waals surface area contributed by atoms with Crippen molar-refractivity contribution in [2.75, 3.05) is 0 Å². The van der Waals surface area contributed by atoms with Crippen LogP contribution in [-0.4, -0.2) is 16.1 Å². The summed E-state index contributed by atoms with van der Waals surface area (Å²) in [5.74, 6) is 0. The third kappa shape index (κ3) is 2.67. The summed E-state index contributed by atoms with van der Waals surface area (Å²) >= 11 is 0. The Balaban J connectivity index is 3.02. The number of para-hydroxylation sites is 1. The predicted octanol–water partition coefficient (Wildman–Crippen LogP) is 1.99. The maximum absolute atomic E-state index is 10.6. The van der Waals surface area contributed by atoms with Crippen LogP contribution < -0.4 is 0 Å². The third-order valence-electron chi connectivity index (χ3n) is 1.69. The van der Waals surface area contributed by atoms with Gasteiger partial charge in [-0.1, -0.05) is 18.2 Å². The lowest BCUT2D eigenvalue weighted by Crippen LogP contribution is -1.93. The van der Waals surface area contributed by atoms with Crippen molar-refractivity contribution in [1.82, 2.24) is 0 Å². The van der Waals surface area contributed by atoms with E-state index in [1.54, 1.807) is 31.2 Å². The van der Waals surface area contributed by atoms with Gasteiger partial charge in [0.25, 0.3) is 5.69 Å². The molecule has 4 nitrogen and oxygen atoms in total. The first-order valence-electron chi connectivity index (χ1n) is 4.21. The molecule has 0 aliphatic rings. The van der Waals surface area contributed by atoms with Crippen LogP contribution in [-0.2, 0) is 0 Å². The summed E-state index contributed by atoms with van der Waals surface area (Å²) in [5, 5.41) is 19.6. The molecule has 0 radical (unpaired) electrons. The van der Waals surface area contributed by atoms with Gasteiger partial charge in [0.2, 0.25) is 0 Å². The highest BCUT2D eigenvalue weighted by atomic mass is 16.6. The van der Waals surface area contributed by atoms with Crippen molar-refractivity contribution in [2.24, 2.45) is 0 Å². The number of nitro benzene ring substituents is 1. The van der Waals surface area contributed by atoms with Crippen LogP contribution >= 0.6 is 0 Å². The molecule has 1 rings (SSSR count). The second kappa shape index (κ2) is 4.53. The number of aliphatic hydroxyl groups excluding tert-OH is 1. The van der Waals surface area contributed by atoms with Crippen LogP contribution in [0.5, 0.6) is 0 Å². The maximum Gasteiger partial charge on any atom is 0.276 e. The van der Waals surface area contributed by atoms with Gasteiger partial charge in [0.15, 0.2) is 0 Å². The third-order valence-corrected chi connectivity index (χ3v) is 1.69. The van der Waals surface area contributed by atoms with Crippen molar-refractivity contribution in [3.8, 4) is 0 Å². The molecule has 0 bridgehead atoms. The van der Waals surface area contributed by atoms with Gasteiger partial charge in [0.05, 0.1) is 16.6 Å². The van der Waals surface area contributed by atoms with E-state index in [0.29, 0.717) is 5.56 Å². The molecule has 1 aromatic rings. The van der Waals surface area contributed by atoms with Crippen molar-refractivity contribution in [3.05, 3.63) is 46.0 Å². The van der Waals surface area contributed by atoms with Crippen molar-refractivity contribution in [2.45, 2.75) is 13.0 Å². The Bertz CT molecular complexity index is 358. The van der Waals surface area contributed by atoms with Gasteiger partial charge in [0, 0.05) is 6.07 Å². The summed E-state index contributed by atoms with van der Waals surface area (Å²) in [4.78, 5) is 10.1. The monoisotopic (exact) mass is 193 g/mol. The Kier molecular flexibility index (Phi) is 3.36. The zero-order valence-corrected chi connectivity index (χ0v) is 7.75. The van der Waals surface area contributed by atoms with Gasteiger partial charge in [-0.05, 0) is 19.1 Å². The SMILES string of the molecule is CC(O)/C=C/c1ccccc1[N+](=O)[O-]. The highest BCUT2D eigenvalue weighted by Crippen LogP contribution is 2.18. The Hall–Kier alpha value is -1.68. The fourth-order valence-electron chi connectivity index (χ4n) is 1.04. The van der Waals surface area contributed by atoms with Gasteiger partial charge in [-0.3, -0.25) is 10.1 Å². The van der Waals surface area contributed by atoms with Crippen molar-refractivity contribution < 1.29 is 10.0 Å². The van der Waals surface area contributed by atoms with Crippen LogP contribution in [0.15, 0.2) is 30.3 Å². The van der Waals surface area contributed by atoms with Crippen LogP contribution in [0.4, 0.5) is 5.69 Å². The minimum Gasteiger partial charge on any atom is -0.389 e. The van der Waals surface area contributed by atoms with Crippen LogP contribution in [0.2, 0.25) is 0 Å². The minimum atomic E-state index is -0.602. The van der Waals surface area contributed by atoms with E-state index >= 15 is 0 Å². The van der Waals surface area contributed by atoms with Crippen LogP contribution in [0, 0.1) is 10.1 Å². The van der Waals surface area contributed by atoms with Gasteiger partial charge in [0.1, 0.15) is 0 Å². The van der Waals surface area contributed by atoms with Gasteiger partial charge >= 0.3 is 0 Å². The van der Waals surface area contributed by atoms with Crippen molar-refractivity contribution in [1.29, 1.82) is 0 Å². The molecule has 0 amide bonds. The standard InChI is InChI=1S/C10H11NO3/c1-8(12)6-7-9-4-2-3-5-10(9)11(13)14/h2-8,12H,1H3/b7-6+. The average molecular weight is 193 g/mol. The first kappa shape index (κ1) is 10.4. The molecule has 0 aromatic heterocycles. The summed E-state index contributed by atoms with van der Waals surface area (Å²) in [5.41, 5.74) is 0.544. The van der Waals surface area contributed by atoms with Crippen LogP contribution in [0.3, 0.4) is 0 Å². The summed E-state index contributed by atoms with van der Waals surface area (Å²) in [6.07, 6.45) is 2.44. The largest absolute Gasteiger partial charge is 0.389 e. The smallest absolute Gasteiger partial charge is 0.276 e. The molecule has 1 aromatic carbocycles. The quantitative estimate of drug-likeness (QED) is 0.589. The topological polar surface area (TPSA) is 63.4 Å². The lowest BCUT2D eigenvalue weighted by Gasteiger charge is -1.97. The van der Waals surface area contributed by atoms with E-state index in [9.17, 15) is 10.1 Å². The number of benzene rings is 1. The Morgan fingerprint density at radius 1 is 1.50 bits per heavy atom. The van der Waals surface area contributed by atoms with E-state index in [1.165, 1.54) is 12.1 Å². The number of nitro groups is 1. The summed E-state index contributed by atoms with van der Waals surface area (Å²) in [6.45, 7) is 1.59. The highest BCUT2D eigenvalue weighted by Gasteiger charge is 2.08. The lowest BCUT2D eigenvalue weighted by atomic mass is 10.1. The molecule has 0 aliphatic heterocycles. The van der Waals surface area contributed by atoms with Crippen LogP contribution in [0.1, 0.15) is 12.5 Å². The first-order valence-corrected chi connectivity index (χ1v) is 4.21. The molecule has 0 spiro atoms. The lowest BCUT2D eigenvalue weighted by molar-refractivity contribution is -0.385. The van der Waals surface area contributed by atoms with Crippen molar-refractivity contribution >= 4 is 11.8 Å². The van der Waals surface area contributed by atoms with Gasteiger partial charge in [-0.15, -0.1) is 0 Å². The molecule has 1 N–H and O–H groups in total. The molecule has 1 atom stereocenters. The number of aliphatic hydroxyl groups is 1. The predicted molar refractivity (Wildman–Crippen MR) is 53.8 cm³/mol. The summed E-state index contributed by atoms with van der Waals surface area (Å²) in [7, 11) is 0. The second-order valence-electron chi connectivity index (χ2n) is 2.92. The number of nitrogens with zero attached hydrogens (tertiary/aromatic N) is 1. The maximum atomic E-state index is 10.6. The fraction of sp³-hybridized carbons (Fsp3) is 0.200. The fourth-order valence-corrected chi connectivity index (χ4v) is 1.04. The molecule has 0 fully saturated rings. The Morgan fingerprint density at radius 3 is 2.71 bits per heavy atom. The molecule has 0 heterocycles. The molecular weight excluding hydrogens is 182 g/mol. The molecule has 4 heteroatoms. The van der Waals surface area contributed by atoms with E-state index in [4.69, 9.17) is 5.11 Å².